The van der Waals surface area contributed by atoms with E-state index in [-0.39, 0.29) is 30.6 Å². The van der Waals surface area contributed by atoms with Gasteiger partial charge in [0.1, 0.15) is 0 Å². The van der Waals surface area contributed by atoms with Gasteiger partial charge in [-0.1, -0.05) is 0 Å². The SMILES string of the molecule is O=C(O)C1CCC(NC(=O)N2CCOCC2CO)C1. The Bertz CT molecular complexity index is 349. The smallest absolute Gasteiger partial charge is 0.318 e. The van der Waals surface area contributed by atoms with Crippen LogP contribution in [-0.4, -0.2) is 65.6 Å². The van der Waals surface area contributed by atoms with Crippen molar-refractivity contribution in [1.29, 1.82) is 0 Å². The second-order valence-corrected chi connectivity index (χ2v) is 5.10. The third kappa shape index (κ3) is 3.36. The number of carbonyl (C=O) groups is 2. The zero-order chi connectivity index (χ0) is 13.8. The normalized spacial score (nSPS) is 31.2. The van der Waals surface area contributed by atoms with Gasteiger partial charge in [0.05, 0.1) is 31.8 Å². The fraction of sp³-hybridized carbons (Fsp3) is 0.833. The number of carbonyl (C=O) groups excluding carboxylic acids is 1. The fourth-order valence-electron chi connectivity index (χ4n) is 2.67. The van der Waals surface area contributed by atoms with Crippen molar-refractivity contribution in [2.24, 2.45) is 5.92 Å². The maximum absolute atomic E-state index is 12.1. The number of urea groups is 1. The molecule has 1 saturated heterocycles. The molecule has 108 valence electrons. The van der Waals surface area contributed by atoms with E-state index in [0.717, 1.165) is 0 Å². The van der Waals surface area contributed by atoms with E-state index in [2.05, 4.69) is 5.32 Å². The molecule has 1 heterocycles. The van der Waals surface area contributed by atoms with Gasteiger partial charge in [-0.05, 0) is 19.3 Å². The number of nitrogens with one attached hydrogen (secondary N) is 1. The average molecular weight is 272 g/mol. The number of aliphatic carboxylic acids is 1. The molecular weight excluding hydrogens is 252 g/mol. The van der Waals surface area contributed by atoms with Crippen LogP contribution in [0.2, 0.25) is 0 Å². The Morgan fingerprint density at radius 3 is 2.79 bits per heavy atom. The number of amides is 2. The van der Waals surface area contributed by atoms with Crippen LogP contribution in [-0.2, 0) is 9.53 Å². The molecule has 2 rings (SSSR count). The molecule has 0 aromatic rings. The molecule has 2 fully saturated rings. The number of morpholine rings is 1. The predicted molar refractivity (Wildman–Crippen MR) is 65.7 cm³/mol. The highest BCUT2D eigenvalue weighted by molar-refractivity contribution is 5.75. The Hall–Kier alpha value is -1.34. The van der Waals surface area contributed by atoms with Gasteiger partial charge < -0.3 is 25.2 Å². The minimum atomic E-state index is -0.795. The fourth-order valence-corrected chi connectivity index (χ4v) is 2.67. The Morgan fingerprint density at radius 1 is 1.37 bits per heavy atom. The first-order valence-corrected chi connectivity index (χ1v) is 6.60. The van der Waals surface area contributed by atoms with Gasteiger partial charge in [-0.15, -0.1) is 0 Å². The first-order valence-electron chi connectivity index (χ1n) is 6.60. The Kier molecular flexibility index (Phi) is 4.60. The topological polar surface area (TPSA) is 99.1 Å². The van der Waals surface area contributed by atoms with Crippen molar-refractivity contribution in [2.45, 2.75) is 31.3 Å². The van der Waals surface area contributed by atoms with Gasteiger partial charge in [0.15, 0.2) is 0 Å². The summed E-state index contributed by atoms with van der Waals surface area (Å²) < 4.78 is 5.21. The summed E-state index contributed by atoms with van der Waals surface area (Å²) in [5.74, 6) is -1.15. The van der Waals surface area contributed by atoms with Crippen molar-refractivity contribution >= 4 is 12.0 Å². The molecule has 0 aromatic carbocycles. The molecular formula is C12H20N2O5. The first-order chi connectivity index (χ1) is 9.11. The lowest BCUT2D eigenvalue weighted by Crippen LogP contribution is -2.55. The average Bonchev–Trinajstić information content (AvgIpc) is 2.87. The molecule has 3 unspecified atom stereocenters. The van der Waals surface area contributed by atoms with Crippen molar-refractivity contribution in [3.63, 3.8) is 0 Å². The number of aliphatic hydroxyl groups is 1. The largest absolute Gasteiger partial charge is 0.481 e. The van der Waals surface area contributed by atoms with Crippen LogP contribution in [0.3, 0.4) is 0 Å². The molecule has 0 aromatic heterocycles. The number of nitrogens with zero attached hydrogens (tertiary/aromatic N) is 1. The zero-order valence-corrected chi connectivity index (χ0v) is 10.7. The van der Waals surface area contributed by atoms with E-state index >= 15 is 0 Å². The van der Waals surface area contributed by atoms with Crippen LogP contribution < -0.4 is 5.32 Å². The van der Waals surface area contributed by atoms with Crippen LogP contribution >= 0.6 is 0 Å². The number of carboxylic acid groups (broad SMARTS) is 1. The van der Waals surface area contributed by atoms with Gasteiger partial charge in [-0.2, -0.15) is 0 Å². The summed E-state index contributed by atoms with van der Waals surface area (Å²) in [6.07, 6.45) is 1.78. The van der Waals surface area contributed by atoms with Gasteiger partial charge in [0, 0.05) is 12.6 Å². The lowest BCUT2D eigenvalue weighted by Gasteiger charge is -2.35. The number of rotatable bonds is 3. The zero-order valence-electron chi connectivity index (χ0n) is 10.7. The van der Waals surface area contributed by atoms with Gasteiger partial charge in [-0.25, -0.2) is 4.79 Å². The van der Waals surface area contributed by atoms with Crippen molar-refractivity contribution in [2.75, 3.05) is 26.4 Å². The third-order valence-electron chi connectivity index (χ3n) is 3.81. The second-order valence-electron chi connectivity index (χ2n) is 5.10. The van der Waals surface area contributed by atoms with E-state index in [1.165, 1.54) is 0 Å². The highest BCUT2D eigenvalue weighted by Gasteiger charge is 2.33. The van der Waals surface area contributed by atoms with E-state index in [0.29, 0.717) is 39.0 Å². The lowest BCUT2D eigenvalue weighted by atomic mass is 10.1. The maximum atomic E-state index is 12.1. The molecule has 3 N–H and O–H groups in total. The molecule has 7 nitrogen and oxygen atoms in total. The number of hydrogen-bond acceptors (Lipinski definition) is 4. The summed E-state index contributed by atoms with van der Waals surface area (Å²) in [7, 11) is 0. The van der Waals surface area contributed by atoms with E-state index in [1.54, 1.807) is 4.90 Å². The van der Waals surface area contributed by atoms with Crippen molar-refractivity contribution in [1.82, 2.24) is 10.2 Å². The molecule has 0 radical (unpaired) electrons. The Labute approximate surface area is 111 Å². The summed E-state index contributed by atoms with van der Waals surface area (Å²) in [5.41, 5.74) is 0. The number of ether oxygens (including phenoxy) is 1. The molecule has 19 heavy (non-hydrogen) atoms. The van der Waals surface area contributed by atoms with Crippen LogP contribution in [0.25, 0.3) is 0 Å². The molecule has 2 amide bonds. The van der Waals surface area contributed by atoms with Gasteiger partial charge in [0.25, 0.3) is 0 Å². The van der Waals surface area contributed by atoms with Crippen LogP contribution in [0.15, 0.2) is 0 Å². The molecule has 1 aliphatic carbocycles. The monoisotopic (exact) mass is 272 g/mol. The first kappa shape index (κ1) is 14.1. The maximum Gasteiger partial charge on any atom is 0.318 e. The predicted octanol–water partition coefficient (Wildman–Crippen LogP) is -0.358. The van der Waals surface area contributed by atoms with Crippen molar-refractivity contribution < 1.29 is 24.5 Å². The molecule has 7 heteroatoms. The Balaban J connectivity index is 1.85. The minimum Gasteiger partial charge on any atom is -0.481 e. The molecule has 0 spiro atoms. The lowest BCUT2D eigenvalue weighted by molar-refractivity contribution is -0.141. The molecule has 2 aliphatic rings. The van der Waals surface area contributed by atoms with Gasteiger partial charge >= 0.3 is 12.0 Å². The van der Waals surface area contributed by atoms with Crippen LogP contribution in [0.1, 0.15) is 19.3 Å². The molecule has 1 saturated carbocycles. The van der Waals surface area contributed by atoms with Gasteiger partial charge in [-0.3, -0.25) is 4.79 Å². The summed E-state index contributed by atoms with van der Waals surface area (Å²) >= 11 is 0. The van der Waals surface area contributed by atoms with E-state index < -0.39 is 5.97 Å². The molecule has 0 bridgehead atoms. The summed E-state index contributed by atoms with van der Waals surface area (Å²) in [4.78, 5) is 24.5. The number of aliphatic hydroxyl groups excluding tert-OH is 1. The minimum absolute atomic E-state index is 0.0872. The third-order valence-corrected chi connectivity index (χ3v) is 3.81. The Morgan fingerprint density at radius 2 is 2.16 bits per heavy atom. The standard InChI is InChI=1S/C12H20N2O5/c15-6-10-7-19-4-3-14(10)12(18)13-9-2-1-8(5-9)11(16)17/h8-10,15H,1-7H2,(H,13,18)(H,16,17). The highest BCUT2D eigenvalue weighted by Crippen LogP contribution is 2.25. The van der Waals surface area contributed by atoms with E-state index in [4.69, 9.17) is 9.84 Å². The summed E-state index contributed by atoms with van der Waals surface area (Å²) in [6, 6.07) is -0.639. The summed E-state index contributed by atoms with van der Waals surface area (Å²) in [6.45, 7) is 1.13. The number of hydrogen-bond donors (Lipinski definition) is 3. The second kappa shape index (κ2) is 6.21. The quantitative estimate of drug-likeness (QED) is 0.652. The van der Waals surface area contributed by atoms with Crippen LogP contribution in [0.4, 0.5) is 4.79 Å². The van der Waals surface area contributed by atoms with Crippen molar-refractivity contribution in [3.05, 3.63) is 0 Å². The van der Waals surface area contributed by atoms with Crippen molar-refractivity contribution in [3.8, 4) is 0 Å². The molecule has 3 atom stereocenters. The number of carboxylic acids is 1. The highest BCUT2D eigenvalue weighted by atomic mass is 16.5. The van der Waals surface area contributed by atoms with E-state index in [9.17, 15) is 14.7 Å². The van der Waals surface area contributed by atoms with Crippen LogP contribution in [0.5, 0.6) is 0 Å². The van der Waals surface area contributed by atoms with E-state index in [1.807, 2.05) is 0 Å². The molecule has 1 aliphatic heterocycles. The van der Waals surface area contributed by atoms with Crippen LogP contribution in [0, 0.1) is 5.92 Å². The van der Waals surface area contributed by atoms with Gasteiger partial charge in [0.2, 0.25) is 0 Å². The summed E-state index contributed by atoms with van der Waals surface area (Å²) in [5, 5.41) is 21.0.